The van der Waals surface area contributed by atoms with Crippen molar-refractivity contribution in [2.24, 2.45) is 11.7 Å². The van der Waals surface area contributed by atoms with Gasteiger partial charge in [-0.25, -0.2) is 0 Å². The molecule has 1 amide bonds. The SMILES string of the molecule is CC(CN)C(=O)Nc1ccc(Br)s1. The Morgan fingerprint density at radius 2 is 2.46 bits per heavy atom. The van der Waals surface area contributed by atoms with Crippen molar-refractivity contribution in [3.05, 3.63) is 15.9 Å². The first-order valence-electron chi connectivity index (χ1n) is 3.89. The van der Waals surface area contributed by atoms with E-state index in [2.05, 4.69) is 21.2 Å². The number of nitrogens with two attached hydrogens (primary N) is 1. The molecule has 5 heteroatoms. The van der Waals surface area contributed by atoms with Gasteiger partial charge in [0.1, 0.15) is 0 Å². The number of carbonyl (C=O) groups excluding carboxylic acids is 1. The Morgan fingerprint density at radius 3 is 2.92 bits per heavy atom. The zero-order valence-electron chi connectivity index (χ0n) is 7.21. The molecule has 0 saturated heterocycles. The van der Waals surface area contributed by atoms with Crippen molar-refractivity contribution in [1.29, 1.82) is 0 Å². The second kappa shape index (κ2) is 4.74. The molecule has 0 aliphatic rings. The third kappa shape index (κ3) is 3.10. The van der Waals surface area contributed by atoms with Crippen LogP contribution in [-0.2, 0) is 4.79 Å². The molecule has 0 fully saturated rings. The molecule has 1 aromatic heterocycles. The predicted octanol–water partition coefficient (Wildman–Crippen LogP) is 2.04. The summed E-state index contributed by atoms with van der Waals surface area (Å²) >= 11 is 4.81. The van der Waals surface area contributed by atoms with Gasteiger partial charge in [0.15, 0.2) is 0 Å². The molecule has 1 atom stereocenters. The molecule has 0 spiro atoms. The standard InChI is InChI=1S/C8H11BrN2OS/c1-5(4-10)8(12)11-7-3-2-6(9)13-7/h2-3,5H,4,10H2,1H3,(H,11,12). The van der Waals surface area contributed by atoms with Gasteiger partial charge in [-0.1, -0.05) is 6.92 Å². The topological polar surface area (TPSA) is 55.1 Å². The van der Waals surface area contributed by atoms with Crippen molar-refractivity contribution >= 4 is 38.2 Å². The Bertz CT molecular complexity index is 300. The van der Waals surface area contributed by atoms with Gasteiger partial charge in [0.2, 0.25) is 5.91 Å². The van der Waals surface area contributed by atoms with Crippen LogP contribution in [0.2, 0.25) is 0 Å². The Morgan fingerprint density at radius 1 is 1.77 bits per heavy atom. The number of carbonyl (C=O) groups is 1. The summed E-state index contributed by atoms with van der Waals surface area (Å²) in [6.45, 7) is 2.18. The highest BCUT2D eigenvalue weighted by molar-refractivity contribution is 9.11. The molecule has 1 aromatic rings. The number of thiophene rings is 1. The molecule has 3 N–H and O–H groups in total. The number of nitrogens with one attached hydrogen (secondary N) is 1. The highest BCUT2D eigenvalue weighted by Gasteiger charge is 2.11. The molecule has 0 radical (unpaired) electrons. The second-order valence-corrected chi connectivity index (χ2v) is 5.19. The maximum atomic E-state index is 11.4. The van der Waals surface area contributed by atoms with E-state index in [0.29, 0.717) is 6.54 Å². The zero-order chi connectivity index (χ0) is 9.84. The molecule has 3 nitrogen and oxygen atoms in total. The van der Waals surface area contributed by atoms with E-state index >= 15 is 0 Å². The van der Waals surface area contributed by atoms with Gasteiger partial charge in [-0.15, -0.1) is 11.3 Å². The van der Waals surface area contributed by atoms with Crippen LogP contribution in [0.1, 0.15) is 6.92 Å². The Hall–Kier alpha value is -0.390. The Labute approximate surface area is 89.5 Å². The van der Waals surface area contributed by atoms with Gasteiger partial charge in [0.05, 0.1) is 8.79 Å². The number of halogens is 1. The van der Waals surface area contributed by atoms with Crippen LogP contribution in [0.3, 0.4) is 0 Å². The number of amides is 1. The minimum absolute atomic E-state index is 0.0307. The molecule has 0 aromatic carbocycles. The highest BCUT2D eigenvalue weighted by Crippen LogP contribution is 2.26. The van der Waals surface area contributed by atoms with Crippen molar-refractivity contribution in [2.45, 2.75) is 6.92 Å². The van der Waals surface area contributed by atoms with Crippen molar-refractivity contribution in [3.8, 4) is 0 Å². The summed E-state index contributed by atoms with van der Waals surface area (Å²) in [7, 11) is 0. The van der Waals surface area contributed by atoms with Crippen molar-refractivity contribution in [2.75, 3.05) is 11.9 Å². The van der Waals surface area contributed by atoms with E-state index in [9.17, 15) is 4.79 Å². The molecule has 72 valence electrons. The van der Waals surface area contributed by atoms with Gasteiger partial charge in [-0.3, -0.25) is 4.79 Å². The lowest BCUT2D eigenvalue weighted by molar-refractivity contribution is -0.119. The van der Waals surface area contributed by atoms with E-state index < -0.39 is 0 Å². The molecule has 1 unspecified atom stereocenters. The number of hydrogen-bond donors (Lipinski definition) is 2. The average Bonchev–Trinajstić information content (AvgIpc) is 2.49. The van der Waals surface area contributed by atoms with Gasteiger partial charge in [-0.2, -0.15) is 0 Å². The fourth-order valence-electron chi connectivity index (χ4n) is 0.733. The van der Waals surface area contributed by atoms with Crippen LogP contribution in [0, 0.1) is 5.92 Å². The normalized spacial score (nSPS) is 12.5. The Balaban J connectivity index is 2.54. The van der Waals surface area contributed by atoms with Crippen LogP contribution >= 0.6 is 27.3 Å². The lowest BCUT2D eigenvalue weighted by Crippen LogP contribution is -2.26. The van der Waals surface area contributed by atoms with Gasteiger partial charge < -0.3 is 11.1 Å². The average molecular weight is 263 g/mol. The lowest BCUT2D eigenvalue weighted by atomic mass is 10.2. The van der Waals surface area contributed by atoms with Gasteiger partial charge in [0, 0.05) is 12.5 Å². The van der Waals surface area contributed by atoms with E-state index in [1.165, 1.54) is 11.3 Å². The molecule has 0 saturated carbocycles. The van der Waals surface area contributed by atoms with Crippen molar-refractivity contribution in [3.63, 3.8) is 0 Å². The quantitative estimate of drug-likeness (QED) is 0.876. The van der Waals surface area contributed by atoms with Crippen LogP contribution in [-0.4, -0.2) is 12.5 Å². The molecular formula is C8H11BrN2OS. The van der Waals surface area contributed by atoms with Crippen molar-refractivity contribution in [1.82, 2.24) is 0 Å². The molecule has 0 aliphatic carbocycles. The van der Waals surface area contributed by atoms with Crippen LogP contribution in [0.4, 0.5) is 5.00 Å². The summed E-state index contributed by atoms with van der Waals surface area (Å²) in [6, 6.07) is 3.75. The molecule has 0 bridgehead atoms. The van der Waals surface area contributed by atoms with Crippen LogP contribution in [0.5, 0.6) is 0 Å². The highest BCUT2D eigenvalue weighted by atomic mass is 79.9. The lowest BCUT2D eigenvalue weighted by Gasteiger charge is -2.07. The zero-order valence-corrected chi connectivity index (χ0v) is 9.61. The number of rotatable bonds is 3. The van der Waals surface area contributed by atoms with E-state index in [1.54, 1.807) is 6.92 Å². The molecular weight excluding hydrogens is 252 g/mol. The van der Waals surface area contributed by atoms with E-state index in [0.717, 1.165) is 8.79 Å². The minimum Gasteiger partial charge on any atom is -0.330 e. The largest absolute Gasteiger partial charge is 0.330 e. The third-order valence-electron chi connectivity index (χ3n) is 1.62. The summed E-state index contributed by atoms with van der Waals surface area (Å²) in [5.41, 5.74) is 5.37. The second-order valence-electron chi connectivity index (χ2n) is 2.73. The molecule has 13 heavy (non-hydrogen) atoms. The number of hydrogen-bond acceptors (Lipinski definition) is 3. The minimum atomic E-state index is -0.138. The van der Waals surface area contributed by atoms with Crippen LogP contribution < -0.4 is 11.1 Å². The van der Waals surface area contributed by atoms with E-state index in [4.69, 9.17) is 5.73 Å². The molecule has 0 aliphatic heterocycles. The summed E-state index contributed by atoms with van der Waals surface area (Å²) < 4.78 is 1.00. The number of anilines is 1. The first-order valence-corrected chi connectivity index (χ1v) is 5.50. The summed E-state index contributed by atoms with van der Waals surface area (Å²) in [5.74, 6) is -0.169. The third-order valence-corrected chi connectivity index (χ3v) is 3.16. The fraction of sp³-hybridized carbons (Fsp3) is 0.375. The maximum absolute atomic E-state index is 11.4. The van der Waals surface area contributed by atoms with E-state index in [1.807, 2.05) is 12.1 Å². The monoisotopic (exact) mass is 262 g/mol. The van der Waals surface area contributed by atoms with Crippen LogP contribution in [0.25, 0.3) is 0 Å². The molecule has 1 rings (SSSR count). The van der Waals surface area contributed by atoms with Crippen molar-refractivity contribution < 1.29 is 4.79 Å². The van der Waals surface area contributed by atoms with Crippen LogP contribution in [0.15, 0.2) is 15.9 Å². The molecule has 1 heterocycles. The first-order chi connectivity index (χ1) is 6.13. The Kier molecular flexibility index (Phi) is 3.90. The maximum Gasteiger partial charge on any atom is 0.229 e. The fourth-order valence-corrected chi connectivity index (χ4v) is 2.02. The summed E-state index contributed by atoms with van der Waals surface area (Å²) in [6.07, 6.45) is 0. The van der Waals surface area contributed by atoms with Gasteiger partial charge in [-0.05, 0) is 28.1 Å². The van der Waals surface area contributed by atoms with Gasteiger partial charge in [0.25, 0.3) is 0 Å². The summed E-state index contributed by atoms with van der Waals surface area (Å²) in [5, 5.41) is 3.63. The summed E-state index contributed by atoms with van der Waals surface area (Å²) in [4.78, 5) is 11.4. The predicted molar refractivity (Wildman–Crippen MR) is 58.9 cm³/mol. The van der Waals surface area contributed by atoms with E-state index in [-0.39, 0.29) is 11.8 Å². The van der Waals surface area contributed by atoms with Gasteiger partial charge >= 0.3 is 0 Å². The smallest absolute Gasteiger partial charge is 0.229 e. The first kappa shape index (κ1) is 10.7.